The van der Waals surface area contributed by atoms with Crippen LogP contribution in [-0.4, -0.2) is 43.8 Å². The highest BCUT2D eigenvalue weighted by atomic mass is 19.4. The highest BCUT2D eigenvalue weighted by Gasteiger charge is 2.40. The van der Waals surface area contributed by atoms with Crippen molar-refractivity contribution in [3.63, 3.8) is 0 Å². The van der Waals surface area contributed by atoms with Gasteiger partial charge in [0.15, 0.2) is 0 Å². The van der Waals surface area contributed by atoms with E-state index in [4.69, 9.17) is 9.47 Å². The summed E-state index contributed by atoms with van der Waals surface area (Å²) in [5, 5.41) is 2.29. The average molecular weight is 345 g/mol. The van der Waals surface area contributed by atoms with E-state index >= 15 is 0 Å². The molecule has 132 valence electrons. The van der Waals surface area contributed by atoms with Crippen molar-refractivity contribution in [2.75, 3.05) is 25.1 Å². The fourth-order valence-corrected chi connectivity index (χ4v) is 2.35. The molecule has 0 radical (unpaired) electrons. The van der Waals surface area contributed by atoms with Gasteiger partial charge in [0, 0.05) is 6.61 Å². The van der Waals surface area contributed by atoms with Gasteiger partial charge in [-0.25, -0.2) is 0 Å². The Hall–Kier alpha value is -1.93. The van der Waals surface area contributed by atoms with Crippen LogP contribution in [0.2, 0.25) is 0 Å². The second kappa shape index (κ2) is 7.76. The van der Waals surface area contributed by atoms with Gasteiger partial charge in [0.05, 0.1) is 24.0 Å². The van der Waals surface area contributed by atoms with Crippen LogP contribution < -0.4 is 5.32 Å². The summed E-state index contributed by atoms with van der Waals surface area (Å²) in [4.78, 5) is 23.3. The predicted molar refractivity (Wildman–Crippen MR) is 80.0 cm³/mol. The molecule has 1 heterocycles. The molecule has 1 aliphatic heterocycles. The molecule has 0 bridgehead atoms. The largest absolute Gasteiger partial charge is 0.454 e. The molecule has 1 aromatic carbocycles. The van der Waals surface area contributed by atoms with Crippen LogP contribution in [0.25, 0.3) is 0 Å². The minimum absolute atomic E-state index is 0.0560. The van der Waals surface area contributed by atoms with Crippen molar-refractivity contribution in [3.05, 3.63) is 29.3 Å². The summed E-state index contributed by atoms with van der Waals surface area (Å²) in [5.41, 5.74) is -0.293. The predicted octanol–water partition coefficient (Wildman–Crippen LogP) is 2.87. The van der Waals surface area contributed by atoms with E-state index < -0.39 is 23.4 Å². The van der Waals surface area contributed by atoms with Gasteiger partial charge in [-0.3, -0.25) is 9.59 Å². The summed E-state index contributed by atoms with van der Waals surface area (Å²) in [5.74, 6) is -2.63. The molecule has 1 N–H and O–H groups in total. The maximum Gasteiger partial charge on any atom is 0.454 e. The van der Waals surface area contributed by atoms with Gasteiger partial charge in [0.2, 0.25) is 5.91 Å². The summed E-state index contributed by atoms with van der Waals surface area (Å²) in [6.07, 6.45) is -3.28. The zero-order chi connectivity index (χ0) is 17.7. The number of benzene rings is 1. The lowest BCUT2D eigenvalue weighted by Crippen LogP contribution is -2.26. The number of rotatable bonds is 6. The smallest absolute Gasteiger partial charge is 0.376 e. The summed E-state index contributed by atoms with van der Waals surface area (Å²) in [6.45, 7) is 2.14. The van der Waals surface area contributed by atoms with E-state index in [1.54, 1.807) is 6.92 Å². The van der Waals surface area contributed by atoms with Crippen LogP contribution in [0.5, 0.6) is 0 Å². The number of anilines is 1. The molecule has 8 heteroatoms. The Morgan fingerprint density at radius 1 is 1.38 bits per heavy atom. The van der Waals surface area contributed by atoms with E-state index in [9.17, 15) is 22.8 Å². The molecule has 1 amide bonds. The van der Waals surface area contributed by atoms with Gasteiger partial charge in [-0.05, 0) is 31.9 Å². The average Bonchev–Trinajstić information content (AvgIpc) is 3.00. The van der Waals surface area contributed by atoms with Gasteiger partial charge < -0.3 is 14.8 Å². The molecule has 1 aliphatic rings. The zero-order valence-electron chi connectivity index (χ0n) is 13.1. The maximum atomic E-state index is 12.7. The molecule has 24 heavy (non-hydrogen) atoms. The molecule has 0 aliphatic carbocycles. The Morgan fingerprint density at radius 2 is 2.12 bits per heavy atom. The van der Waals surface area contributed by atoms with E-state index in [-0.39, 0.29) is 25.0 Å². The molecule has 1 unspecified atom stereocenters. The highest BCUT2D eigenvalue weighted by Crippen LogP contribution is 2.27. The van der Waals surface area contributed by atoms with Crippen molar-refractivity contribution in [2.24, 2.45) is 0 Å². The fraction of sp³-hybridized carbons (Fsp3) is 0.500. The number of carbonyl (C=O) groups excluding carboxylic acids is 2. The topological polar surface area (TPSA) is 64.6 Å². The number of alkyl halides is 3. The van der Waals surface area contributed by atoms with E-state index in [1.807, 2.05) is 0 Å². The second-order valence-corrected chi connectivity index (χ2v) is 5.57. The Morgan fingerprint density at radius 3 is 2.75 bits per heavy atom. The monoisotopic (exact) mass is 345 g/mol. The number of halogens is 3. The van der Waals surface area contributed by atoms with Crippen LogP contribution in [-0.2, 0) is 14.3 Å². The second-order valence-electron chi connectivity index (χ2n) is 5.57. The molecule has 1 saturated heterocycles. The van der Waals surface area contributed by atoms with Crippen molar-refractivity contribution in [1.82, 2.24) is 0 Å². The first-order chi connectivity index (χ1) is 11.3. The third kappa shape index (κ3) is 5.04. The van der Waals surface area contributed by atoms with Crippen LogP contribution in [0.15, 0.2) is 18.2 Å². The van der Waals surface area contributed by atoms with Gasteiger partial charge in [-0.2, -0.15) is 13.2 Å². The van der Waals surface area contributed by atoms with Crippen molar-refractivity contribution in [3.8, 4) is 0 Å². The quantitative estimate of drug-likeness (QED) is 0.805. The van der Waals surface area contributed by atoms with Gasteiger partial charge in [0.1, 0.15) is 6.61 Å². The lowest BCUT2D eigenvalue weighted by Gasteiger charge is -2.14. The third-order valence-electron chi connectivity index (χ3n) is 3.51. The Balaban J connectivity index is 1.97. The zero-order valence-corrected chi connectivity index (χ0v) is 13.1. The third-order valence-corrected chi connectivity index (χ3v) is 3.51. The fourth-order valence-electron chi connectivity index (χ4n) is 2.35. The Labute approximate surface area is 137 Å². The number of carbonyl (C=O) groups is 2. The minimum Gasteiger partial charge on any atom is -0.376 e. The molecule has 0 saturated carbocycles. The number of hydrogen-bond acceptors (Lipinski definition) is 4. The van der Waals surface area contributed by atoms with Crippen molar-refractivity contribution < 1.29 is 32.2 Å². The van der Waals surface area contributed by atoms with Crippen molar-refractivity contribution >= 4 is 17.4 Å². The van der Waals surface area contributed by atoms with Crippen molar-refractivity contribution in [2.45, 2.75) is 32.0 Å². The lowest BCUT2D eigenvalue weighted by atomic mass is 10.0. The maximum absolute atomic E-state index is 12.7. The van der Waals surface area contributed by atoms with Gasteiger partial charge in [-0.1, -0.05) is 11.6 Å². The van der Waals surface area contributed by atoms with E-state index in [0.717, 1.165) is 18.9 Å². The normalized spacial score (nSPS) is 17.8. The number of nitrogens with one attached hydrogen (secondary N) is 1. The van der Waals surface area contributed by atoms with Gasteiger partial charge >= 0.3 is 6.18 Å². The summed E-state index contributed by atoms with van der Waals surface area (Å²) in [6, 6.07) is 3.88. The Bertz CT molecular complexity index is 610. The number of ether oxygens (including phenoxy) is 2. The molecule has 2 rings (SSSR count). The number of ketones is 1. The minimum atomic E-state index is -5.01. The summed E-state index contributed by atoms with van der Waals surface area (Å²) in [7, 11) is 0. The first-order valence-corrected chi connectivity index (χ1v) is 7.49. The molecular formula is C16H18F3NO4. The molecular weight excluding hydrogens is 327 g/mol. The standard InChI is InChI=1S/C16H18F3NO4/c1-10-4-5-13(12(7-10)15(22)16(17,18)19)20-14(21)9-23-8-11-3-2-6-24-11/h4-5,7,11H,2-3,6,8-9H2,1H3,(H,20,21). The number of hydrogen-bond donors (Lipinski definition) is 1. The molecule has 1 fully saturated rings. The van der Waals surface area contributed by atoms with Crippen molar-refractivity contribution in [1.29, 1.82) is 0 Å². The Kier molecular flexibility index (Phi) is 5.95. The van der Waals surface area contributed by atoms with E-state index in [1.165, 1.54) is 12.1 Å². The molecule has 0 aromatic heterocycles. The first kappa shape index (κ1) is 18.4. The lowest BCUT2D eigenvalue weighted by molar-refractivity contribution is -0.121. The van der Waals surface area contributed by atoms with E-state index in [2.05, 4.69) is 5.32 Å². The van der Waals surface area contributed by atoms with Gasteiger partial charge in [0.25, 0.3) is 5.78 Å². The van der Waals surface area contributed by atoms with Crippen LogP contribution in [0, 0.1) is 6.92 Å². The van der Waals surface area contributed by atoms with Crippen LogP contribution in [0.4, 0.5) is 18.9 Å². The molecule has 5 nitrogen and oxygen atoms in total. The molecule has 0 spiro atoms. The molecule has 1 atom stereocenters. The molecule has 1 aromatic rings. The van der Waals surface area contributed by atoms with Crippen LogP contribution in [0.1, 0.15) is 28.8 Å². The number of amides is 1. The van der Waals surface area contributed by atoms with E-state index in [0.29, 0.717) is 12.2 Å². The summed E-state index contributed by atoms with van der Waals surface area (Å²) < 4.78 is 48.5. The highest BCUT2D eigenvalue weighted by molar-refractivity contribution is 6.07. The van der Waals surface area contributed by atoms with Crippen LogP contribution in [0.3, 0.4) is 0 Å². The summed E-state index contributed by atoms with van der Waals surface area (Å²) >= 11 is 0. The van der Waals surface area contributed by atoms with Crippen LogP contribution >= 0.6 is 0 Å². The SMILES string of the molecule is Cc1ccc(NC(=O)COCC2CCCO2)c(C(=O)C(F)(F)F)c1. The van der Waals surface area contributed by atoms with Gasteiger partial charge in [-0.15, -0.1) is 0 Å². The number of aryl methyl sites for hydroxylation is 1. The number of Topliss-reactive ketones (excluding diaryl/α,β-unsaturated/α-hetero) is 1. The first-order valence-electron chi connectivity index (χ1n) is 7.49.